The average Bonchev–Trinajstić information content (AvgIpc) is 3.11. The number of hydrogen-bond acceptors (Lipinski definition) is 21. The van der Waals surface area contributed by atoms with Crippen molar-refractivity contribution < 1.29 is 81.0 Å². The number of nitrogens with one attached hydrogen (secondary N) is 4. The summed E-state index contributed by atoms with van der Waals surface area (Å²) < 4.78 is 46.6. The Labute approximate surface area is 385 Å². The van der Waals surface area contributed by atoms with Crippen molar-refractivity contribution in [3.05, 3.63) is 0 Å². The van der Waals surface area contributed by atoms with Gasteiger partial charge in [-0.25, -0.2) is 38.4 Å². The molecule has 25 heteroatoms. The van der Waals surface area contributed by atoms with E-state index in [4.69, 9.17) is 42.6 Å². The summed E-state index contributed by atoms with van der Waals surface area (Å²) in [6.07, 6.45) is -3.38. The smallest absolute Gasteiger partial charge is 0.408 e. The Morgan fingerprint density at radius 3 is 0.810 bits per heavy atom. The molecule has 364 valence electrons. The highest BCUT2D eigenvalue weighted by molar-refractivity contribution is 8.77. The SMILES string of the molecule is COC(=O)[C@H](CSSC[C@H](NC(=O)OC(C)(C)C)C(=O)OCCOCCOC(=O)[C@@H](CSSC[C@@H](NC(=O)OC(C)(C)C)C(=O)OC)NC(=O)OC(C)(C)C)NC(=O)OC(C)(C)C. The molecule has 0 saturated carbocycles. The van der Waals surface area contributed by atoms with E-state index >= 15 is 0 Å². The maximum Gasteiger partial charge on any atom is 0.408 e. The standard InChI is InChI=1S/C38H66N4O17S4/c1-35(2,3)56-31(47)39-23(27(43)51-13)19-60-62-21-25(41-33(49)58-37(7,8)9)29(45)54-17-15-53-16-18-55-30(46)26(42-34(50)59-38(10,11)12)22-63-61-20-24(28(44)52-14)40-32(48)57-36(4,5)6/h23-26H,15-22H2,1-14H3,(H,39,47)(H,40,48)(H,41,49)(H,42,50)/t23-,24+,25-,26+. The minimum atomic E-state index is -1.19. The van der Waals surface area contributed by atoms with Gasteiger partial charge in [-0.3, -0.25) is 0 Å². The van der Waals surface area contributed by atoms with E-state index < -0.39 is 94.8 Å². The van der Waals surface area contributed by atoms with E-state index in [9.17, 15) is 38.4 Å². The van der Waals surface area contributed by atoms with Crippen LogP contribution in [0.1, 0.15) is 83.1 Å². The molecule has 0 fully saturated rings. The Kier molecular flexibility index (Phi) is 27.3. The van der Waals surface area contributed by atoms with Gasteiger partial charge in [0.1, 0.15) is 59.8 Å². The summed E-state index contributed by atoms with van der Waals surface area (Å²) in [7, 11) is 6.81. The highest BCUT2D eigenvalue weighted by Gasteiger charge is 2.30. The van der Waals surface area contributed by atoms with Crippen molar-refractivity contribution in [1.29, 1.82) is 0 Å². The number of rotatable bonds is 24. The molecule has 0 radical (unpaired) electrons. The summed E-state index contributed by atoms with van der Waals surface area (Å²) in [6.45, 7) is 19.2. The Balaban J connectivity index is 5.27. The molecule has 0 rings (SSSR count). The molecule has 0 aliphatic heterocycles. The number of carbonyl (C=O) groups is 8. The second-order valence-corrected chi connectivity index (χ2v) is 22.0. The van der Waals surface area contributed by atoms with Crippen LogP contribution in [0, 0.1) is 0 Å². The van der Waals surface area contributed by atoms with Crippen LogP contribution < -0.4 is 21.3 Å². The first-order valence-electron chi connectivity index (χ1n) is 19.5. The first-order chi connectivity index (χ1) is 28.9. The molecule has 0 saturated heterocycles. The molecular formula is C38H66N4O17S4. The van der Waals surface area contributed by atoms with Crippen molar-refractivity contribution >= 4 is 91.4 Å². The monoisotopic (exact) mass is 978 g/mol. The van der Waals surface area contributed by atoms with Gasteiger partial charge in [0, 0.05) is 23.0 Å². The first kappa shape index (κ1) is 59.3. The molecule has 0 aromatic heterocycles. The maximum absolute atomic E-state index is 13.0. The zero-order valence-electron chi connectivity index (χ0n) is 38.5. The van der Waals surface area contributed by atoms with Crippen molar-refractivity contribution in [2.75, 3.05) is 63.7 Å². The van der Waals surface area contributed by atoms with Gasteiger partial charge in [-0.05, 0) is 83.1 Å². The molecule has 0 unspecified atom stereocenters. The average molecular weight is 979 g/mol. The van der Waals surface area contributed by atoms with E-state index in [0.29, 0.717) is 0 Å². The van der Waals surface area contributed by atoms with Crippen LogP contribution in [0.5, 0.6) is 0 Å². The quantitative estimate of drug-likeness (QED) is 0.0439. The van der Waals surface area contributed by atoms with Crippen LogP contribution in [0.15, 0.2) is 0 Å². The molecule has 0 aromatic rings. The summed E-state index contributed by atoms with van der Waals surface area (Å²) in [5.74, 6) is -3.03. The molecule has 0 aromatic carbocycles. The summed E-state index contributed by atoms with van der Waals surface area (Å²) in [4.78, 5) is 100. The first-order valence-corrected chi connectivity index (χ1v) is 24.5. The lowest BCUT2D eigenvalue weighted by Crippen LogP contribution is -2.46. The van der Waals surface area contributed by atoms with Crippen LogP contribution in [0.4, 0.5) is 19.2 Å². The Morgan fingerprint density at radius 2 is 0.603 bits per heavy atom. The maximum atomic E-state index is 13.0. The third-order valence-electron chi connectivity index (χ3n) is 6.35. The minimum Gasteiger partial charge on any atom is -0.467 e. The molecule has 0 aliphatic rings. The van der Waals surface area contributed by atoms with Gasteiger partial charge in [-0.15, -0.1) is 0 Å². The van der Waals surface area contributed by atoms with E-state index in [-0.39, 0.29) is 49.4 Å². The van der Waals surface area contributed by atoms with Crippen LogP contribution in [0.2, 0.25) is 0 Å². The van der Waals surface area contributed by atoms with Gasteiger partial charge in [0.15, 0.2) is 0 Å². The number of amides is 4. The van der Waals surface area contributed by atoms with Crippen molar-refractivity contribution in [1.82, 2.24) is 21.3 Å². The summed E-state index contributed by atoms with van der Waals surface area (Å²) in [6, 6.07) is -4.51. The largest absolute Gasteiger partial charge is 0.467 e. The van der Waals surface area contributed by atoms with E-state index in [1.165, 1.54) is 14.2 Å². The van der Waals surface area contributed by atoms with Gasteiger partial charge in [0.2, 0.25) is 0 Å². The third kappa shape index (κ3) is 31.8. The van der Waals surface area contributed by atoms with E-state index in [1.807, 2.05) is 0 Å². The van der Waals surface area contributed by atoms with Crippen molar-refractivity contribution in [2.45, 2.75) is 130 Å². The van der Waals surface area contributed by atoms with Crippen LogP contribution in [0.3, 0.4) is 0 Å². The second kappa shape index (κ2) is 29.0. The van der Waals surface area contributed by atoms with Gasteiger partial charge >= 0.3 is 48.3 Å². The normalized spacial score (nSPS) is 13.7. The molecule has 63 heavy (non-hydrogen) atoms. The highest BCUT2D eigenvalue weighted by atomic mass is 33.1. The fourth-order valence-corrected chi connectivity index (χ4v) is 8.52. The third-order valence-corrected chi connectivity index (χ3v) is 11.2. The molecule has 0 heterocycles. The predicted molar refractivity (Wildman–Crippen MR) is 239 cm³/mol. The fourth-order valence-electron chi connectivity index (χ4n) is 3.93. The zero-order chi connectivity index (χ0) is 48.6. The Bertz CT molecular complexity index is 1390. The van der Waals surface area contributed by atoms with E-state index in [1.54, 1.807) is 83.1 Å². The Morgan fingerprint density at radius 1 is 0.381 bits per heavy atom. The molecule has 0 aliphatic carbocycles. The van der Waals surface area contributed by atoms with Gasteiger partial charge in [0.05, 0.1) is 27.4 Å². The lowest BCUT2D eigenvalue weighted by Gasteiger charge is -2.23. The second-order valence-electron chi connectivity index (χ2n) is 16.9. The van der Waals surface area contributed by atoms with Crippen LogP contribution in [0.25, 0.3) is 0 Å². The minimum absolute atomic E-state index is 0.0238. The highest BCUT2D eigenvalue weighted by Crippen LogP contribution is 2.25. The summed E-state index contributed by atoms with van der Waals surface area (Å²) in [5.41, 5.74) is -3.32. The topological polar surface area (TPSA) is 268 Å². The predicted octanol–water partition coefficient (Wildman–Crippen LogP) is 4.77. The number of alkyl carbamates (subject to hydrolysis) is 4. The van der Waals surface area contributed by atoms with Crippen LogP contribution in [-0.4, -0.2) is 158 Å². The molecule has 21 nitrogen and oxygen atoms in total. The van der Waals surface area contributed by atoms with Crippen molar-refractivity contribution in [3.63, 3.8) is 0 Å². The molecule has 0 spiro atoms. The van der Waals surface area contributed by atoms with Crippen LogP contribution in [-0.2, 0) is 61.8 Å². The molecular weight excluding hydrogens is 913 g/mol. The number of esters is 4. The Hall–Kier alpha value is -3.68. The van der Waals surface area contributed by atoms with Gasteiger partial charge < -0.3 is 63.9 Å². The number of ether oxygens (including phenoxy) is 9. The van der Waals surface area contributed by atoms with Crippen molar-refractivity contribution in [2.24, 2.45) is 0 Å². The molecule has 4 N–H and O–H groups in total. The van der Waals surface area contributed by atoms with Crippen LogP contribution >= 0.6 is 43.2 Å². The van der Waals surface area contributed by atoms with Gasteiger partial charge in [0.25, 0.3) is 0 Å². The molecule has 4 atom stereocenters. The number of hydrogen-bond donors (Lipinski definition) is 4. The summed E-state index contributed by atoms with van der Waals surface area (Å²) >= 11 is 0. The number of methoxy groups -OCH3 is 2. The fraction of sp³-hybridized carbons (Fsp3) is 0.789. The number of carbonyl (C=O) groups excluding carboxylic acids is 8. The van der Waals surface area contributed by atoms with E-state index in [0.717, 1.165) is 43.2 Å². The lowest BCUT2D eigenvalue weighted by atomic mass is 10.2. The van der Waals surface area contributed by atoms with Crippen molar-refractivity contribution in [3.8, 4) is 0 Å². The zero-order valence-corrected chi connectivity index (χ0v) is 41.8. The van der Waals surface area contributed by atoms with Gasteiger partial charge in [-0.1, -0.05) is 43.2 Å². The lowest BCUT2D eigenvalue weighted by molar-refractivity contribution is -0.149. The molecule has 4 amide bonds. The van der Waals surface area contributed by atoms with E-state index in [2.05, 4.69) is 21.3 Å². The summed E-state index contributed by atoms with van der Waals surface area (Å²) in [5, 5.41) is 9.86. The van der Waals surface area contributed by atoms with Gasteiger partial charge in [-0.2, -0.15) is 0 Å². The molecule has 0 bridgehead atoms.